The third-order valence-electron chi connectivity index (χ3n) is 6.40. The highest BCUT2D eigenvalue weighted by Crippen LogP contribution is 2.31. The van der Waals surface area contributed by atoms with Crippen molar-refractivity contribution < 1.29 is 36.7 Å². The van der Waals surface area contributed by atoms with Crippen LogP contribution in [0.1, 0.15) is 10.4 Å². The summed E-state index contributed by atoms with van der Waals surface area (Å²) < 4.78 is 62.6. The Hall–Kier alpha value is -4.62. The normalized spacial score (nSPS) is 11.2. The Balaban J connectivity index is 1.54. The van der Waals surface area contributed by atoms with Crippen LogP contribution < -0.4 is 10.2 Å². The number of carbonyl (C=O) groups is 2. The van der Waals surface area contributed by atoms with Crippen LogP contribution in [0.25, 0.3) is 11.1 Å². The van der Waals surface area contributed by atoms with Gasteiger partial charge in [0.1, 0.15) is 5.75 Å². The Morgan fingerprint density at radius 1 is 0.909 bits per heavy atom. The maximum atomic E-state index is 14.9. The second-order valence-corrected chi connectivity index (χ2v) is 11.6. The Morgan fingerprint density at radius 3 is 2.07 bits per heavy atom. The molecule has 0 unspecified atom stereocenters. The molecule has 44 heavy (non-hydrogen) atoms. The summed E-state index contributed by atoms with van der Waals surface area (Å²) in [5, 5.41) is 9.39. The minimum Gasteiger partial charge on any atom is -0.451 e. The second-order valence-electron chi connectivity index (χ2n) is 9.27. The van der Waals surface area contributed by atoms with Gasteiger partial charge in [-0.2, -0.15) is 4.31 Å². The summed E-state index contributed by atoms with van der Waals surface area (Å²) in [4.78, 5) is 25.5. The van der Waals surface area contributed by atoms with Crippen LogP contribution in [0.2, 0.25) is 5.02 Å². The van der Waals surface area contributed by atoms with Gasteiger partial charge in [0.2, 0.25) is 10.0 Å². The molecule has 0 aromatic heterocycles. The molecule has 0 aliphatic heterocycles. The number of ether oxygens (including phenoxy) is 1. The number of hydrogen-bond donors (Lipinski definition) is 2. The summed E-state index contributed by atoms with van der Waals surface area (Å²) in [6, 6.07) is 22.9. The maximum Gasteiger partial charge on any atom is 0.258 e. The van der Waals surface area contributed by atoms with Crippen LogP contribution >= 0.6 is 11.6 Å². The van der Waals surface area contributed by atoms with E-state index >= 15 is 0 Å². The number of hydroxylamine groups is 1. The molecule has 2 N–H and O–H groups in total. The molecule has 4 rings (SSSR count). The van der Waals surface area contributed by atoms with Crippen LogP contribution in [0.3, 0.4) is 0 Å². The van der Waals surface area contributed by atoms with E-state index in [-0.39, 0.29) is 17.9 Å². The molecule has 0 radical (unpaired) electrons. The molecule has 0 saturated heterocycles. The lowest BCUT2D eigenvalue weighted by atomic mass is 10.0. The molecule has 0 heterocycles. The molecule has 0 fully saturated rings. The maximum absolute atomic E-state index is 14.9. The number of amides is 2. The van der Waals surface area contributed by atoms with E-state index in [1.807, 2.05) is 30.3 Å². The van der Waals surface area contributed by atoms with Gasteiger partial charge in [0.25, 0.3) is 11.8 Å². The number of benzene rings is 4. The SMILES string of the molecule is C=CN(CCN(CC(=O)NO)S(=O)(=O)c1cc(F)c(Oc2ccc(Cl)cc2)c(F)c1)C(=O)c1ccc(-c2ccccc2)cc1. The van der Waals surface area contributed by atoms with E-state index in [4.69, 9.17) is 21.5 Å². The standard InChI is InChI=1S/C31H26ClF2N3O6S/c1-2-36(31(39)23-10-8-22(9-11-23)21-6-4-3-5-7-21)16-17-37(20-29(38)35-40)44(41,42)26-18-27(33)30(28(34)19-26)43-25-14-12-24(32)13-15-25/h2-15,18-19,40H,1,16-17,20H2,(H,35,38). The van der Waals surface area contributed by atoms with Gasteiger partial charge >= 0.3 is 0 Å². The first-order valence-electron chi connectivity index (χ1n) is 13.0. The molecule has 4 aromatic rings. The van der Waals surface area contributed by atoms with Gasteiger partial charge in [-0.05, 0) is 65.9 Å². The van der Waals surface area contributed by atoms with Gasteiger partial charge in [0, 0.05) is 23.7 Å². The van der Waals surface area contributed by atoms with Crippen LogP contribution in [-0.4, -0.2) is 54.3 Å². The molecular weight excluding hydrogens is 616 g/mol. The Kier molecular flexibility index (Phi) is 10.4. The number of sulfonamides is 1. The first-order valence-corrected chi connectivity index (χ1v) is 14.8. The van der Waals surface area contributed by atoms with E-state index in [1.54, 1.807) is 24.3 Å². The lowest BCUT2D eigenvalue weighted by Gasteiger charge is -2.25. The van der Waals surface area contributed by atoms with Gasteiger partial charge in [-0.1, -0.05) is 60.6 Å². The van der Waals surface area contributed by atoms with Crippen molar-refractivity contribution in [3.05, 3.63) is 126 Å². The minimum absolute atomic E-state index is 0.0490. The summed E-state index contributed by atoms with van der Waals surface area (Å²) >= 11 is 5.81. The number of halogens is 3. The summed E-state index contributed by atoms with van der Waals surface area (Å²) in [5.41, 5.74) is 3.44. The number of rotatable bonds is 12. The van der Waals surface area contributed by atoms with E-state index in [9.17, 15) is 26.8 Å². The summed E-state index contributed by atoms with van der Waals surface area (Å²) in [7, 11) is -4.74. The van der Waals surface area contributed by atoms with Crippen molar-refractivity contribution in [1.82, 2.24) is 14.7 Å². The topological polar surface area (TPSA) is 116 Å². The van der Waals surface area contributed by atoms with E-state index in [2.05, 4.69) is 6.58 Å². The fraction of sp³-hybridized carbons (Fsp3) is 0.0968. The Morgan fingerprint density at radius 2 is 1.50 bits per heavy atom. The van der Waals surface area contributed by atoms with Gasteiger partial charge in [-0.3, -0.25) is 14.8 Å². The largest absolute Gasteiger partial charge is 0.451 e. The van der Waals surface area contributed by atoms with Crippen molar-refractivity contribution in [2.45, 2.75) is 4.90 Å². The van der Waals surface area contributed by atoms with Crippen LogP contribution in [0, 0.1) is 11.6 Å². The highest BCUT2D eigenvalue weighted by atomic mass is 35.5. The van der Waals surface area contributed by atoms with Crippen LogP contribution in [0.15, 0.2) is 109 Å². The molecule has 0 bridgehead atoms. The zero-order chi connectivity index (χ0) is 31.9. The quantitative estimate of drug-likeness (QED) is 0.148. The van der Waals surface area contributed by atoms with E-state index in [0.29, 0.717) is 21.5 Å². The molecular formula is C31H26ClF2N3O6S. The first kappa shape index (κ1) is 32.3. The van der Waals surface area contributed by atoms with Gasteiger partial charge in [0.15, 0.2) is 17.4 Å². The number of nitrogens with one attached hydrogen (secondary N) is 1. The smallest absolute Gasteiger partial charge is 0.258 e. The van der Waals surface area contributed by atoms with E-state index in [1.165, 1.54) is 35.9 Å². The lowest BCUT2D eigenvalue weighted by molar-refractivity contribution is -0.129. The Bertz CT molecular complexity index is 1730. The van der Waals surface area contributed by atoms with Crippen molar-refractivity contribution >= 4 is 33.4 Å². The average molecular weight is 642 g/mol. The van der Waals surface area contributed by atoms with Gasteiger partial charge in [-0.15, -0.1) is 0 Å². The molecule has 228 valence electrons. The van der Waals surface area contributed by atoms with Crippen molar-refractivity contribution in [3.63, 3.8) is 0 Å². The summed E-state index contributed by atoms with van der Waals surface area (Å²) in [6.45, 7) is 1.91. The monoisotopic (exact) mass is 641 g/mol. The van der Waals surface area contributed by atoms with Gasteiger partial charge in [-0.25, -0.2) is 22.7 Å². The van der Waals surface area contributed by atoms with Crippen LogP contribution in [0.4, 0.5) is 8.78 Å². The molecule has 0 saturated carbocycles. The van der Waals surface area contributed by atoms with Crippen molar-refractivity contribution in [1.29, 1.82) is 0 Å². The highest BCUT2D eigenvalue weighted by molar-refractivity contribution is 7.89. The summed E-state index contributed by atoms with van der Waals surface area (Å²) in [5.74, 6) is -5.09. The Labute approximate surface area is 257 Å². The molecule has 2 amide bonds. The predicted octanol–water partition coefficient (Wildman–Crippen LogP) is 5.86. The first-order chi connectivity index (χ1) is 21.0. The number of hydrogen-bond acceptors (Lipinski definition) is 6. The van der Waals surface area contributed by atoms with E-state index in [0.717, 1.165) is 16.0 Å². The zero-order valence-electron chi connectivity index (χ0n) is 23.0. The van der Waals surface area contributed by atoms with Gasteiger partial charge in [0.05, 0.1) is 11.4 Å². The fourth-order valence-electron chi connectivity index (χ4n) is 4.13. The van der Waals surface area contributed by atoms with Crippen LogP contribution in [-0.2, 0) is 14.8 Å². The minimum atomic E-state index is -4.74. The van der Waals surface area contributed by atoms with Gasteiger partial charge < -0.3 is 9.64 Å². The molecule has 9 nitrogen and oxygen atoms in total. The highest BCUT2D eigenvalue weighted by Gasteiger charge is 2.30. The third kappa shape index (κ3) is 7.66. The molecule has 0 spiro atoms. The fourth-order valence-corrected chi connectivity index (χ4v) is 5.67. The molecule has 0 atom stereocenters. The molecule has 13 heteroatoms. The van der Waals surface area contributed by atoms with Crippen molar-refractivity contribution in [2.24, 2.45) is 0 Å². The van der Waals surface area contributed by atoms with E-state index < -0.39 is 57.2 Å². The molecule has 0 aliphatic rings. The van der Waals surface area contributed by atoms with Crippen molar-refractivity contribution in [3.8, 4) is 22.6 Å². The number of nitrogens with zero attached hydrogens (tertiary/aromatic N) is 2. The van der Waals surface area contributed by atoms with Crippen molar-refractivity contribution in [2.75, 3.05) is 19.6 Å². The molecule has 0 aliphatic carbocycles. The number of carbonyl (C=O) groups excluding carboxylic acids is 2. The third-order valence-corrected chi connectivity index (χ3v) is 8.47. The summed E-state index contributed by atoms with van der Waals surface area (Å²) in [6.07, 6.45) is 1.19. The average Bonchev–Trinajstić information content (AvgIpc) is 3.03. The molecule has 4 aromatic carbocycles. The predicted molar refractivity (Wildman–Crippen MR) is 160 cm³/mol. The van der Waals surface area contributed by atoms with Crippen LogP contribution in [0.5, 0.6) is 11.5 Å². The lowest BCUT2D eigenvalue weighted by Crippen LogP contribution is -2.44. The second kappa shape index (κ2) is 14.2. The zero-order valence-corrected chi connectivity index (χ0v) is 24.6.